The van der Waals surface area contributed by atoms with E-state index < -0.39 is 11.2 Å². The first-order chi connectivity index (χ1) is 16.5. The van der Waals surface area contributed by atoms with Crippen molar-refractivity contribution >= 4 is 45.3 Å². The number of hydrogen-bond donors (Lipinski definition) is 5. The van der Waals surface area contributed by atoms with Crippen LogP contribution < -0.4 is 5.43 Å². The third kappa shape index (κ3) is 3.76. The molecule has 9 heteroatoms. The van der Waals surface area contributed by atoms with Crippen LogP contribution in [-0.4, -0.2) is 35.1 Å². The molecule has 168 valence electrons. The molecule has 8 bridgehead atoms. The van der Waals surface area contributed by atoms with E-state index in [1.807, 2.05) is 30.3 Å². The fraction of sp³-hybridized carbons (Fsp3) is 0. The molecule has 5 N–H and O–H groups in total. The number of fused-ring (bicyclic) bond motifs is 8. The van der Waals surface area contributed by atoms with Crippen molar-refractivity contribution in [1.82, 2.24) is 19.7 Å². The first-order valence-electron chi connectivity index (χ1n) is 10.5. The number of aromatic nitrogens is 4. The molecular formula is C26H18N4O4Zn. The Morgan fingerprint density at radius 1 is 0.800 bits per heavy atom. The Kier molecular flexibility index (Phi) is 5.42. The maximum absolute atomic E-state index is 13.4. The number of aromatic amines is 2. The van der Waals surface area contributed by atoms with E-state index in [4.69, 9.17) is 0 Å². The fourth-order valence-corrected chi connectivity index (χ4v) is 4.25. The fourth-order valence-electron chi connectivity index (χ4n) is 4.25. The molecule has 1 aliphatic rings. The Bertz CT molecular complexity index is 1820. The van der Waals surface area contributed by atoms with Crippen molar-refractivity contribution in [3.63, 3.8) is 0 Å². The molecule has 0 saturated heterocycles. The summed E-state index contributed by atoms with van der Waals surface area (Å²) in [5.74, 6) is -0.700. The van der Waals surface area contributed by atoms with Gasteiger partial charge in [-0.2, -0.15) is 4.73 Å². The summed E-state index contributed by atoms with van der Waals surface area (Å²) >= 11 is 0. The molecule has 0 fully saturated rings. The second kappa shape index (κ2) is 8.45. The number of hydrogen-bond acceptors (Lipinski definition) is 5. The number of aromatic hydroxyl groups is 2. The SMILES string of the molecule is O=c1c2[nH]c(cc2O)cc2ccc(cc3nc(cc4c(-c5ccccc5)c(O)c1n4O)C=C3)[nH]2.[Zn]. The van der Waals surface area contributed by atoms with Crippen LogP contribution in [0, 0.1) is 0 Å². The maximum Gasteiger partial charge on any atom is 0.236 e. The van der Waals surface area contributed by atoms with E-state index in [0.717, 1.165) is 11.0 Å². The van der Waals surface area contributed by atoms with E-state index in [1.54, 1.807) is 42.5 Å². The number of nitrogens with zero attached hydrogens (tertiary/aromatic N) is 2. The maximum atomic E-state index is 13.4. The Morgan fingerprint density at radius 3 is 2.23 bits per heavy atom. The van der Waals surface area contributed by atoms with E-state index in [2.05, 4.69) is 15.0 Å². The van der Waals surface area contributed by atoms with E-state index in [9.17, 15) is 20.2 Å². The molecule has 0 spiro atoms. The minimum Gasteiger partial charge on any atom is -0.506 e. The van der Waals surface area contributed by atoms with Crippen molar-refractivity contribution in [1.29, 1.82) is 0 Å². The number of H-pyrrole nitrogens is 2. The van der Waals surface area contributed by atoms with Crippen LogP contribution in [-0.2, 0) is 19.5 Å². The average molecular weight is 516 g/mol. The summed E-state index contributed by atoms with van der Waals surface area (Å²) in [7, 11) is 0. The molecule has 8 nitrogen and oxygen atoms in total. The van der Waals surface area contributed by atoms with Gasteiger partial charge in [-0.3, -0.25) is 4.79 Å². The Morgan fingerprint density at radius 2 is 1.49 bits per heavy atom. The van der Waals surface area contributed by atoms with Crippen molar-refractivity contribution in [3.8, 4) is 22.6 Å². The van der Waals surface area contributed by atoms with Gasteiger partial charge in [-0.1, -0.05) is 30.3 Å². The van der Waals surface area contributed by atoms with Gasteiger partial charge in [0.25, 0.3) is 0 Å². The van der Waals surface area contributed by atoms with Crippen molar-refractivity contribution in [2.24, 2.45) is 0 Å². The standard InChI is InChI=1S/C26H18N4O4.Zn/c31-21-13-19-11-17-7-6-15(27-17)10-16-8-9-18(28-16)12-20-22(14-4-2-1-3-5-14)25(32)24(30(20)34)26(33)23(21)29-19;/h1-13,27,29,31-32,34H;. The van der Waals surface area contributed by atoms with Gasteiger partial charge in [-0.25, -0.2) is 4.98 Å². The number of benzene rings is 1. The van der Waals surface area contributed by atoms with Gasteiger partial charge in [-0.05, 0) is 48.0 Å². The van der Waals surface area contributed by atoms with E-state index >= 15 is 0 Å². The molecule has 0 radical (unpaired) electrons. The molecule has 0 aliphatic carbocycles. The Balaban J connectivity index is 0.00000253. The average Bonchev–Trinajstić information content (AvgIpc) is 3.58. The summed E-state index contributed by atoms with van der Waals surface area (Å²) < 4.78 is 0.643. The van der Waals surface area contributed by atoms with Gasteiger partial charge < -0.3 is 25.4 Å². The number of nitrogens with one attached hydrogen (secondary N) is 2. The van der Waals surface area contributed by atoms with Gasteiger partial charge >= 0.3 is 0 Å². The normalized spacial score (nSPS) is 11.5. The molecule has 5 aromatic rings. The number of rotatable bonds is 1. The molecular weight excluding hydrogens is 498 g/mol. The van der Waals surface area contributed by atoms with E-state index in [1.165, 1.54) is 6.07 Å². The summed E-state index contributed by atoms with van der Waals surface area (Å²) in [5, 5.41) is 32.6. The molecule has 35 heavy (non-hydrogen) atoms. The Hall–Kier alpha value is -4.36. The third-order valence-electron chi connectivity index (χ3n) is 5.79. The third-order valence-corrected chi connectivity index (χ3v) is 5.79. The summed E-state index contributed by atoms with van der Waals surface area (Å²) in [6, 6.07) is 19.3. The molecule has 6 rings (SSSR count). The van der Waals surface area contributed by atoms with Crippen LogP contribution in [0.3, 0.4) is 0 Å². The first kappa shape index (κ1) is 22.4. The zero-order valence-electron chi connectivity index (χ0n) is 18.4. The van der Waals surface area contributed by atoms with E-state index in [-0.39, 0.29) is 47.3 Å². The van der Waals surface area contributed by atoms with Gasteiger partial charge in [0.05, 0.1) is 22.5 Å². The molecule has 0 amide bonds. The second-order valence-electron chi connectivity index (χ2n) is 8.05. The largest absolute Gasteiger partial charge is 0.506 e. The summed E-state index contributed by atoms with van der Waals surface area (Å²) in [5.41, 5.74) is 3.05. The zero-order valence-corrected chi connectivity index (χ0v) is 21.3. The second-order valence-corrected chi connectivity index (χ2v) is 8.05. The van der Waals surface area contributed by atoms with Crippen molar-refractivity contribution in [2.45, 2.75) is 0 Å². The van der Waals surface area contributed by atoms with Gasteiger partial charge in [0.2, 0.25) is 5.43 Å². The van der Waals surface area contributed by atoms with Gasteiger partial charge in [0.15, 0.2) is 11.3 Å². The summed E-state index contributed by atoms with van der Waals surface area (Å²) in [6.45, 7) is 0. The van der Waals surface area contributed by atoms with Crippen molar-refractivity contribution < 1.29 is 34.9 Å². The molecule has 0 saturated carbocycles. The summed E-state index contributed by atoms with van der Waals surface area (Å²) in [6.07, 6.45) is 3.62. The van der Waals surface area contributed by atoms with Crippen LogP contribution in [0.4, 0.5) is 0 Å². The minimum absolute atomic E-state index is 0. The molecule has 0 unspecified atom stereocenters. The van der Waals surface area contributed by atoms with Gasteiger partial charge in [0.1, 0.15) is 11.3 Å². The molecule has 1 aromatic carbocycles. The molecule has 0 atom stereocenters. The van der Waals surface area contributed by atoms with Crippen molar-refractivity contribution in [3.05, 3.63) is 88.3 Å². The van der Waals surface area contributed by atoms with Gasteiger partial charge in [-0.15, -0.1) is 0 Å². The topological polar surface area (TPSA) is 127 Å². The van der Waals surface area contributed by atoms with Crippen LogP contribution in [0.25, 0.3) is 56.4 Å². The molecule has 5 heterocycles. The quantitative estimate of drug-likeness (QED) is 0.158. The molecule has 1 aliphatic heterocycles. The summed E-state index contributed by atoms with van der Waals surface area (Å²) in [4.78, 5) is 24.1. The molecule has 4 aromatic heterocycles. The smallest absolute Gasteiger partial charge is 0.236 e. The van der Waals surface area contributed by atoms with Crippen LogP contribution >= 0.6 is 0 Å². The Labute approximate surface area is 210 Å². The monoisotopic (exact) mass is 514 g/mol. The predicted octanol–water partition coefficient (Wildman–Crippen LogP) is 4.84. The van der Waals surface area contributed by atoms with E-state index in [0.29, 0.717) is 27.2 Å². The minimum atomic E-state index is -0.766. The van der Waals surface area contributed by atoms with Crippen molar-refractivity contribution in [2.75, 3.05) is 0 Å². The zero-order chi connectivity index (χ0) is 23.4. The van der Waals surface area contributed by atoms with Crippen LogP contribution in [0.1, 0.15) is 11.4 Å². The van der Waals surface area contributed by atoms with Gasteiger partial charge in [0, 0.05) is 42.1 Å². The first-order valence-corrected chi connectivity index (χ1v) is 10.5. The predicted molar refractivity (Wildman–Crippen MR) is 131 cm³/mol. The van der Waals surface area contributed by atoms with Crippen LogP contribution in [0.2, 0.25) is 0 Å². The van der Waals surface area contributed by atoms with Crippen LogP contribution in [0.5, 0.6) is 11.5 Å². The van der Waals surface area contributed by atoms with Crippen LogP contribution in [0.15, 0.2) is 71.5 Å².